The van der Waals surface area contributed by atoms with Crippen molar-refractivity contribution in [3.8, 4) is 0 Å². The Labute approximate surface area is 98.4 Å². The van der Waals surface area contributed by atoms with Crippen molar-refractivity contribution in [3.63, 3.8) is 0 Å². The normalized spacial score (nSPS) is 24.2. The molecule has 0 aromatic carbocycles. The number of nitrogens with one attached hydrogen (secondary N) is 2. The van der Waals surface area contributed by atoms with E-state index in [-0.39, 0.29) is 17.7 Å². The number of anilines is 1. The molecule has 1 aliphatic carbocycles. The van der Waals surface area contributed by atoms with E-state index in [9.17, 15) is 9.59 Å². The van der Waals surface area contributed by atoms with Gasteiger partial charge < -0.3 is 10.4 Å². The number of carbonyl (C=O) groups is 2. The van der Waals surface area contributed by atoms with Crippen LogP contribution in [0.15, 0.2) is 12.3 Å². The van der Waals surface area contributed by atoms with Crippen LogP contribution in [0.2, 0.25) is 0 Å². The number of rotatable bonds is 3. The molecule has 6 heteroatoms. The van der Waals surface area contributed by atoms with Crippen molar-refractivity contribution < 1.29 is 14.7 Å². The Bertz CT molecular complexity index is 394. The zero-order chi connectivity index (χ0) is 12.3. The molecule has 6 nitrogen and oxygen atoms in total. The van der Waals surface area contributed by atoms with Crippen molar-refractivity contribution in [3.05, 3.63) is 12.3 Å². The third-order valence-electron chi connectivity index (χ3n) is 3.21. The van der Waals surface area contributed by atoms with Crippen molar-refractivity contribution in [2.45, 2.75) is 25.7 Å². The Hall–Kier alpha value is -1.85. The lowest BCUT2D eigenvalue weighted by Gasteiger charge is -2.24. The van der Waals surface area contributed by atoms with Gasteiger partial charge in [-0.2, -0.15) is 5.10 Å². The number of aromatic amines is 1. The van der Waals surface area contributed by atoms with Crippen LogP contribution in [0.25, 0.3) is 0 Å². The fourth-order valence-corrected chi connectivity index (χ4v) is 2.16. The van der Waals surface area contributed by atoms with Crippen LogP contribution in [0.3, 0.4) is 0 Å². The van der Waals surface area contributed by atoms with Gasteiger partial charge >= 0.3 is 5.97 Å². The van der Waals surface area contributed by atoms with Crippen molar-refractivity contribution in [1.29, 1.82) is 0 Å². The van der Waals surface area contributed by atoms with Crippen LogP contribution in [-0.2, 0) is 9.59 Å². The van der Waals surface area contributed by atoms with Crippen molar-refractivity contribution in [1.82, 2.24) is 10.2 Å². The van der Waals surface area contributed by atoms with Crippen molar-refractivity contribution >= 4 is 17.7 Å². The number of nitrogens with zero attached hydrogens (tertiary/aromatic N) is 1. The predicted octanol–water partition coefficient (Wildman–Crippen LogP) is 1.24. The maximum Gasteiger partial charge on any atom is 0.306 e. The van der Waals surface area contributed by atoms with Crippen LogP contribution in [0.4, 0.5) is 5.82 Å². The zero-order valence-electron chi connectivity index (χ0n) is 9.35. The van der Waals surface area contributed by atoms with Gasteiger partial charge in [0.15, 0.2) is 0 Å². The molecule has 2 rings (SSSR count). The molecule has 0 saturated heterocycles. The number of aliphatic carboxylic acids is 1. The minimum atomic E-state index is -0.752. The highest BCUT2D eigenvalue weighted by molar-refractivity contribution is 5.91. The lowest BCUT2D eigenvalue weighted by atomic mass is 9.81. The molecular formula is C11H15N3O3. The van der Waals surface area contributed by atoms with E-state index in [2.05, 4.69) is 15.5 Å². The summed E-state index contributed by atoms with van der Waals surface area (Å²) in [7, 11) is 0. The van der Waals surface area contributed by atoms with E-state index in [1.807, 2.05) is 0 Å². The summed E-state index contributed by atoms with van der Waals surface area (Å²) in [6.45, 7) is 0. The van der Waals surface area contributed by atoms with Crippen LogP contribution >= 0.6 is 0 Å². The highest BCUT2D eigenvalue weighted by Gasteiger charge is 2.29. The molecule has 92 valence electrons. The predicted molar refractivity (Wildman–Crippen MR) is 60.3 cm³/mol. The van der Waals surface area contributed by atoms with E-state index in [1.165, 1.54) is 0 Å². The molecule has 1 saturated carbocycles. The summed E-state index contributed by atoms with van der Waals surface area (Å²) in [6.07, 6.45) is 4.00. The van der Waals surface area contributed by atoms with Crippen LogP contribution < -0.4 is 5.32 Å². The van der Waals surface area contributed by atoms with Gasteiger partial charge in [0.25, 0.3) is 0 Å². The zero-order valence-corrected chi connectivity index (χ0v) is 9.35. The average molecular weight is 237 g/mol. The highest BCUT2D eigenvalue weighted by Crippen LogP contribution is 2.29. The number of aromatic nitrogens is 2. The number of hydrogen-bond acceptors (Lipinski definition) is 3. The van der Waals surface area contributed by atoms with E-state index in [1.54, 1.807) is 12.3 Å². The Morgan fingerprint density at radius 2 is 1.94 bits per heavy atom. The minimum absolute atomic E-state index is 0.0573. The topological polar surface area (TPSA) is 95.1 Å². The summed E-state index contributed by atoms with van der Waals surface area (Å²) in [5.41, 5.74) is 0. The van der Waals surface area contributed by atoms with Gasteiger partial charge in [-0.3, -0.25) is 14.7 Å². The fourth-order valence-electron chi connectivity index (χ4n) is 2.16. The second-order valence-corrected chi connectivity index (χ2v) is 4.35. The molecule has 0 spiro atoms. The van der Waals surface area contributed by atoms with Gasteiger partial charge in [-0.1, -0.05) is 0 Å². The second kappa shape index (κ2) is 4.99. The molecule has 0 aliphatic heterocycles. The second-order valence-electron chi connectivity index (χ2n) is 4.35. The molecule has 3 N–H and O–H groups in total. The molecule has 1 aliphatic rings. The molecular weight excluding hydrogens is 222 g/mol. The lowest BCUT2D eigenvalue weighted by molar-refractivity contribution is -0.143. The standard InChI is InChI=1S/C11H15N3O3/c15-10(13-9-5-6-12-14-9)7-1-3-8(4-2-7)11(16)17/h5-8H,1-4H2,(H,16,17)(H2,12,13,14,15). The molecule has 1 heterocycles. The number of carbonyl (C=O) groups excluding carboxylic acids is 1. The van der Waals surface area contributed by atoms with Gasteiger partial charge in [0.05, 0.1) is 12.1 Å². The molecule has 1 fully saturated rings. The van der Waals surface area contributed by atoms with Gasteiger partial charge in [-0.05, 0) is 25.7 Å². The van der Waals surface area contributed by atoms with E-state index >= 15 is 0 Å². The summed E-state index contributed by atoms with van der Waals surface area (Å²) >= 11 is 0. The summed E-state index contributed by atoms with van der Waals surface area (Å²) in [6, 6.07) is 1.68. The quantitative estimate of drug-likeness (QED) is 0.737. The number of H-pyrrole nitrogens is 1. The number of hydrogen-bond donors (Lipinski definition) is 3. The molecule has 1 amide bonds. The van der Waals surface area contributed by atoms with Gasteiger partial charge in [0.1, 0.15) is 5.82 Å². The lowest BCUT2D eigenvalue weighted by Crippen LogP contribution is -2.29. The fraction of sp³-hybridized carbons (Fsp3) is 0.545. The third-order valence-corrected chi connectivity index (χ3v) is 3.21. The highest BCUT2D eigenvalue weighted by atomic mass is 16.4. The monoisotopic (exact) mass is 237 g/mol. The summed E-state index contributed by atoms with van der Waals surface area (Å²) in [5.74, 6) is -0.606. The van der Waals surface area contributed by atoms with Gasteiger partial charge in [-0.25, -0.2) is 0 Å². The third kappa shape index (κ3) is 2.83. The van der Waals surface area contributed by atoms with Crippen LogP contribution in [0, 0.1) is 11.8 Å². The number of carboxylic acid groups (broad SMARTS) is 1. The molecule has 1 aromatic rings. The molecule has 0 atom stereocenters. The Balaban J connectivity index is 1.84. The molecule has 0 radical (unpaired) electrons. The average Bonchev–Trinajstić information content (AvgIpc) is 2.82. The van der Waals surface area contributed by atoms with E-state index in [0.29, 0.717) is 31.5 Å². The van der Waals surface area contributed by atoms with E-state index in [4.69, 9.17) is 5.11 Å². The van der Waals surface area contributed by atoms with Crippen molar-refractivity contribution in [2.75, 3.05) is 5.32 Å². The molecule has 0 unspecified atom stereocenters. The summed E-state index contributed by atoms with van der Waals surface area (Å²) in [4.78, 5) is 22.6. The Morgan fingerprint density at radius 3 is 2.47 bits per heavy atom. The van der Waals surface area contributed by atoms with Crippen molar-refractivity contribution in [2.24, 2.45) is 11.8 Å². The van der Waals surface area contributed by atoms with E-state index < -0.39 is 5.97 Å². The first-order valence-electron chi connectivity index (χ1n) is 5.70. The molecule has 17 heavy (non-hydrogen) atoms. The number of carboxylic acids is 1. The van der Waals surface area contributed by atoms with Crippen LogP contribution in [0.5, 0.6) is 0 Å². The first kappa shape index (κ1) is 11.6. The van der Waals surface area contributed by atoms with E-state index in [0.717, 1.165) is 0 Å². The SMILES string of the molecule is O=C(O)C1CCC(C(=O)Nc2ccn[nH]2)CC1. The Kier molecular flexibility index (Phi) is 3.41. The summed E-state index contributed by atoms with van der Waals surface area (Å²) in [5, 5.41) is 18.0. The van der Waals surface area contributed by atoms with Gasteiger partial charge in [-0.15, -0.1) is 0 Å². The summed E-state index contributed by atoms with van der Waals surface area (Å²) < 4.78 is 0. The Morgan fingerprint density at radius 1 is 1.29 bits per heavy atom. The number of amides is 1. The van der Waals surface area contributed by atoms with Crippen LogP contribution in [-0.4, -0.2) is 27.2 Å². The smallest absolute Gasteiger partial charge is 0.306 e. The first-order chi connectivity index (χ1) is 8.16. The minimum Gasteiger partial charge on any atom is -0.481 e. The maximum absolute atomic E-state index is 11.8. The van der Waals surface area contributed by atoms with Gasteiger partial charge in [0, 0.05) is 12.0 Å². The largest absolute Gasteiger partial charge is 0.481 e. The first-order valence-corrected chi connectivity index (χ1v) is 5.70. The maximum atomic E-state index is 11.8. The van der Waals surface area contributed by atoms with Crippen LogP contribution in [0.1, 0.15) is 25.7 Å². The molecule has 0 bridgehead atoms. The molecule has 1 aromatic heterocycles. The van der Waals surface area contributed by atoms with Gasteiger partial charge in [0.2, 0.25) is 5.91 Å².